The largest absolute Gasteiger partial charge is 0.496 e. The van der Waals surface area contributed by atoms with E-state index in [1.165, 1.54) is 21.3 Å². The number of ether oxygens (including phenoxy) is 3. The summed E-state index contributed by atoms with van der Waals surface area (Å²) in [5.41, 5.74) is 0.373. The average Bonchev–Trinajstić information content (AvgIpc) is 2.42. The van der Waals surface area contributed by atoms with Crippen LogP contribution in [-0.4, -0.2) is 39.2 Å². The van der Waals surface area contributed by atoms with E-state index in [0.29, 0.717) is 29.4 Å². The molecule has 0 fully saturated rings. The second kappa shape index (κ2) is 7.09. The Hall–Kier alpha value is -1.62. The molecule has 19 heavy (non-hydrogen) atoms. The van der Waals surface area contributed by atoms with E-state index in [0.717, 1.165) is 0 Å². The van der Waals surface area contributed by atoms with Crippen LogP contribution >= 0.6 is 11.6 Å². The summed E-state index contributed by atoms with van der Waals surface area (Å²) in [5.74, 6) is 1.11. The van der Waals surface area contributed by atoms with Gasteiger partial charge in [0.2, 0.25) is 0 Å². The van der Waals surface area contributed by atoms with Crippen molar-refractivity contribution in [3.05, 3.63) is 17.7 Å². The van der Waals surface area contributed by atoms with Crippen LogP contribution in [0, 0.1) is 0 Å². The molecule has 5 nitrogen and oxygen atoms in total. The topological polar surface area (TPSA) is 56.8 Å². The van der Waals surface area contributed by atoms with Gasteiger partial charge < -0.3 is 19.5 Å². The maximum Gasteiger partial charge on any atom is 0.255 e. The van der Waals surface area contributed by atoms with E-state index in [-0.39, 0.29) is 11.3 Å². The molecular weight excluding hydrogens is 270 g/mol. The van der Waals surface area contributed by atoms with Crippen molar-refractivity contribution in [1.82, 2.24) is 5.32 Å². The van der Waals surface area contributed by atoms with Crippen molar-refractivity contribution in [3.63, 3.8) is 0 Å². The molecule has 106 valence electrons. The van der Waals surface area contributed by atoms with Gasteiger partial charge in [-0.3, -0.25) is 4.79 Å². The minimum absolute atomic E-state index is 0.143. The van der Waals surface area contributed by atoms with Crippen LogP contribution in [-0.2, 0) is 0 Å². The minimum atomic E-state index is -0.273. The summed E-state index contributed by atoms with van der Waals surface area (Å²) < 4.78 is 15.5. The molecule has 0 saturated heterocycles. The van der Waals surface area contributed by atoms with Crippen LogP contribution in [0.4, 0.5) is 0 Å². The highest BCUT2D eigenvalue weighted by Gasteiger charge is 2.17. The van der Waals surface area contributed by atoms with Crippen LogP contribution in [0.25, 0.3) is 0 Å². The lowest BCUT2D eigenvalue weighted by Gasteiger charge is -2.14. The van der Waals surface area contributed by atoms with Gasteiger partial charge in [-0.2, -0.15) is 0 Å². The molecule has 0 aromatic heterocycles. The quantitative estimate of drug-likeness (QED) is 0.814. The lowest BCUT2D eigenvalue weighted by Crippen LogP contribution is -2.28. The van der Waals surface area contributed by atoms with Crippen molar-refractivity contribution in [2.75, 3.05) is 27.9 Å². The molecule has 0 spiro atoms. The molecule has 6 heteroatoms. The van der Waals surface area contributed by atoms with Crippen molar-refractivity contribution in [2.24, 2.45) is 0 Å². The van der Waals surface area contributed by atoms with E-state index in [2.05, 4.69) is 5.32 Å². The van der Waals surface area contributed by atoms with Gasteiger partial charge in [-0.25, -0.2) is 0 Å². The minimum Gasteiger partial charge on any atom is -0.496 e. The lowest BCUT2D eigenvalue weighted by atomic mass is 10.1. The van der Waals surface area contributed by atoms with E-state index >= 15 is 0 Å². The molecule has 0 aliphatic carbocycles. The Balaban J connectivity index is 3.07. The van der Waals surface area contributed by atoms with Gasteiger partial charge in [0.05, 0.1) is 26.9 Å². The molecule has 1 atom stereocenters. The summed E-state index contributed by atoms with van der Waals surface area (Å²) in [6.07, 6.45) is 0. The predicted octanol–water partition coefficient (Wildman–Crippen LogP) is 2.07. The Kier molecular flexibility index (Phi) is 5.76. The fourth-order valence-electron chi connectivity index (χ4n) is 1.54. The van der Waals surface area contributed by atoms with Gasteiger partial charge in [0.1, 0.15) is 5.75 Å². The lowest BCUT2D eigenvalue weighted by molar-refractivity contribution is 0.0950. The summed E-state index contributed by atoms with van der Waals surface area (Å²) >= 11 is 5.80. The van der Waals surface area contributed by atoms with Crippen LogP contribution in [0.5, 0.6) is 17.2 Å². The molecule has 0 bridgehead atoms. The fraction of sp³-hybridized carbons (Fsp3) is 0.462. The van der Waals surface area contributed by atoms with E-state index in [9.17, 15) is 4.79 Å². The van der Waals surface area contributed by atoms with Gasteiger partial charge in [-0.05, 0) is 6.92 Å². The summed E-state index contributed by atoms with van der Waals surface area (Å²) in [5, 5.41) is 2.57. The summed E-state index contributed by atoms with van der Waals surface area (Å²) in [6.45, 7) is 2.17. The summed E-state index contributed by atoms with van der Waals surface area (Å²) in [6, 6.07) is 3.18. The number of benzene rings is 1. The molecular formula is C13H18ClNO4. The summed E-state index contributed by atoms with van der Waals surface area (Å²) in [7, 11) is 4.52. The molecule has 0 saturated carbocycles. The molecule has 1 unspecified atom stereocenters. The SMILES string of the molecule is COc1cc(OC)c(C(=O)NCC(C)Cl)cc1OC. The second-order valence-corrected chi connectivity index (χ2v) is 4.64. The Bertz CT molecular complexity index is 449. The van der Waals surface area contributed by atoms with Crippen LogP contribution < -0.4 is 19.5 Å². The number of hydrogen-bond acceptors (Lipinski definition) is 4. The molecule has 1 aromatic rings. The zero-order valence-corrected chi connectivity index (χ0v) is 12.2. The highest BCUT2D eigenvalue weighted by atomic mass is 35.5. The Morgan fingerprint density at radius 3 is 2.16 bits per heavy atom. The molecule has 1 N–H and O–H groups in total. The maximum atomic E-state index is 12.1. The number of carbonyl (C=O) groups excluding carboxylic acids is 1. The Morgan fingerprint density at radius 2 is 1.68 bits per heavy atom. The van der Waals surface area contributed by atoms with Gasteiger partial charge in [-0.15, -0.1) is 11.6 Å². The monoisotopic (exact) mass is 287 g/mol. The van der Waals surface area contributed by atoms with Crippen molar-refractivity contribution in [1.29, 1.82) is 0 Å². The van der Waals surface area contributed by atoms with Crippen molar-refractivity contribution in [2.45, 2.75) is 12.3 Å². The molecule has 1 aromatic carbocycles. The van der Waals surface area contributed by atoms with Gasteiger partial charge in [0.15, 0.2) is 11.5 Å². The first-order chi connectivity index (χ1) is 9.03. The number of halogens is 1. The van der Waals surface area contributed by atoms with Crippen LogP contribution in [0.1, 0.15) is 17.3 Å². The van der Waals surface area contributed by atoms with Crippen LogP contribution in [0.3, 0.4) is 0 Å². The third-order valence-corrected chi connectivity index (χ3v) is 2.65. The molecule has 0 aliphatic heterocycles. The van der Waals surface area contributed by atoms with Crippen molar-refractivity contribution in [3.8, 4) is 17.2 Å². The third kappa shape index (κ3) is 3.92. The molecule has 1 rings (SSSR count). The first-order valence-electron chi connectivity index (χ1n) is 5.75. The first kappa shape index (κ1) is 15.4. The van der Waals surface area contributed by atoms with Crippen molar-refractivity contribution >= 4 is 17.5 Å². The molecule has 1 amide bonds. The number of methoxy groups -OCH3 is 3. The second-order valence-electron chi connectivity index (χ2n) is 3.90. The van der Waals surface area contributed by atoms with Crippen LogP contribution in [0.15, 0.2) is 12.1 Å². The third-order valence-electron chi connectivity index (χ3n) is 2.49. The maximum absolute atomic E-state index is 12.1. The van der Waals surface area contributed by atoms with E-state index in [4.69, 9.17) is 25.8 Å². The molecule has 0 heterocycles. The number of alkyl halides is 1. The number of rotatable bonds is 6. The fourth-order valence-corrected chi connectivity index (χ4v) is 1.61. The van der Waals surface area contributed by atoms with Gasteiger partial charge in [-0.1, -0.05) is 0 Å². The Morgan fingerprint density at radius 1 is 1.16 bits per heavy atom. The standard InChI is InChI=1S/C13H18ClNO4/c1-8(14)7-15-13(16)9-5-11(18-3)12(19-4)6-10(9)17-2/h5-6,8H,7H2,1-4H3,(H,15,16). The highest BCUT2D eigenvalue weighted by molar-refractivity contribution is 6.20. The number of nitrogens with one attached hydrogen (secondary N) is 1. The first-order valence-corrected chi connectivity index (χ1v) is 6.19. The van der Waals surface area contributed by atoms with Gasteiger partial charge in [0.25, 0.3) is 5.91 Å². The molecule has 0 aliphatic rings. The Labute approximate surface area is 117 Å². The van der Waals surface area contributed by atoms with E-state index < -0.39 is 0 Å². The average molecular weight is 288 g/mol. The highest BCUT2D eigenvalue weighted by Crippen LogP contribution is 2.34. The van der Waals surface area contributed by atoms with Gasteiger partial charge in [0, 0.05) is 24.1 Å². The normalized spacial score (nSPS) is 11.6. The molecule has 0 radical (unpaired) electrons. The zero-order chi connectivity index (χ0) is 14.4. The zero-order valence-electron chi connectivity index (χ0n) is 11.5. The van der Waals surface area contributed by atoms with Crippen molar-refractivity contribution < 1.29 is 19.0 Å². The summed E-state index contributed by atoms with van der Waals surface area (Å²) in [4.78, 5) is 12.1. The number of carbonyl (C=O) groups is 1. The van der Waals surface area contributed by atoms with Gasteiger partial charge >= 0.3 is 0 Å². The smallest absolute Gasteiger partial charge is 0.255 e. The predicted molar refractivity (Wildman–Crippen MR) is 73.7 cm³/mol. The van der Waals surface area contributed by atoms with E-state index in [1.54, 1.807) is 19.1 Å². The number of hydrogen-bond donors (Lipinski definition) is 1. The van der Waals surface area contributed by atoms with Crippen LogP contribution in [0.2, 0.25) is 0 Å². The number of amides is 1. The van der Waals surface area contributed by atoms with E-state index in [1.807, 2.05) is 0 Å².